The Labute approximate surface area is 263 Å². The van der Waals surface area contributed by atoms with Gasteiger partial charge < -0.3 is 0 Å². The number of hydrogen-bond donors (Lipinski definition) is 2. The summed E-state index contributed by atoms with van der Waals surface area (Å²) >= 11 is 0. The molecule has 0 aliphatic rings. The lowest BCUT2D eigenvalue weighted by Gasteiger charge is -2.09. The molecule has 0 fully saturated rings. The van der Waals surface area contributed by atoms with Gasteiger partial charge in [0.1, 0.15) is 0 Å². The number of unbranched alkanes of at least 4 members (excludes halogenated alkanes) is 6. The third kappa shape index (κ3) is 10.9. The Bertz CT molecular complexity index is 1410. The monoisotopic (exact) mass is 586 g/mol. The summed E-state index contributed by atoms with van der Waals surface area (Å²) in [7, 11) is 0. The molecule has 3 aromatic carbocycles. The third-order valence-electron chi connectivity index (χ3n) is 7.43. The van der Waals surface area contributed by atoms with E-state index in [1.165, 1.54) is 60.8 Å². The number of benzene rings is 3. The molecule has 44 heavy (non-hydrogen) atoms. The van der Waals surface area contributed by atoms with Crippen LogP contribution in [0.4, 0.5) is 11.6 Å². The van der Waals surface area contributed by atoms with E-state index in [0.29, 0.717) is 11.6 Å². The average molecular weight is 587 g/mol. The summed E-state index contributed by atoms with van der Waals surface area (Å²) < 4.78 is 0. The van der Waals surface area contributed by atoms with E-state index < -0.39 is 0 Å². The van der Waals surface area contributed by atoms with E-state index >= 15 is 0 Å². The van der Waals surface area contributed by atoms with E-state index in [2.05, 4.69) is 106 Å². The number of allylic oxidation sites excluding steroid dienone is 2. The van der Waals surface area contributed by atoms with Crippen molar-refractivity contribution in [2.24, 2.45) is 10.2 Å². The first kappa shape index (κ1) is 32.3. The van der Waals surface area contributed by atoms with Gasteiger partial charge in [-0.1, -0.05) is 149 Å². The zero-order chi connectivity index (χ0) is 30.7. The minimum atomic E-state index is 0.608. The van der Waals surface area contributed by atoms with E-state index in [0.717, 1.165) is 36.5 Å². The average Bonchev–Trinajstić information content (AvgIpc) is 3.06. The predicted octanol–water partition coefficient (Wildman–Crippen LogP) is 10.5. The summed E-state index contributed by atoms with van der Waals surface area (Å²) in [6.07, 6.45) is 19.9. The lowest BCUT2D eigenvalue weighted by Crippen LogP contribution is -2.02. The first-order valence-corrected chi connectivity index (χ1v) is 16.1. The number of anilines is 2. The van der Waals surface area contributed by atoms with Gasteiger partial charge in [-0.25, -0.2) is 0 Å². The fraction of sp³-hybridized carbons (Fsp3) is 0.316. The number of aromatic nitrogens is 2. The molecule has 0 aliphatic carbocycles. The van der Waals surface area contributed by atoms with Gasteiger partial charge in [0, 0.05) is 10.8 Å². The number of fused-ring (bicyclic) bond motifs is 1. The maximum atomic E-state index is 4.58. The Hall–Kier alpha value is -4.58. The van der Waals surface area contributed by atoms with E-state index in [4.69, 9.17) is 0 Å². The van der Waals surface area contributed by atoms with Crippen LogP contribution in [0.2, 0.25) is 0 Å². The van der Waals surface area contributed by atoms with Gasteiger partial charge in [0.15, 0.2) is 11.6 Å². The lowest BCUT2D eigenvalue weighted by atomic mass is 10.0. The number of hydrogen-bond acceptors (Lipinski definition) is 6. The van der Waals surface area contributed by atoms with Crippen LogP contribution in [0.1, 0.15) is 89.2 Å². The highest BCUT2D eigenvalue weighted by Gasteiger charge is 2.08. The molecule has 228 valence electrons. The van der Waals surface area contributed by atoms with Crippen LogP contribution in [0.5, 0.6) is 0 Å². The highest BCUT2D eigenvalue weighted by molar-refractivity contribution is 5.99. The number of hydrazone groups is 2. The molecule has 4 aromatic rings. The topological polar surface area (TPSA) is 74.6 Å². The molecule has 0 radical (unpaired) electrons. The molecule has 6 nitrogen and oxygen atoms in total. The Morgan fingerprint density at radius 2 is 0.955 bits per heavy atom. The first-order chi connectivity index (χ1) is 21.8. The molecule has 2 N–H and O–H groups in total. The molecule has 0 bridgehead atoms. The van der Waals surface area contributed by atoms with Crippen LogP contribution in [0.15, 0.2) is 106 Å². The van der Waals surface area contributed by atoms with Crippen molar-refractivity contribution in [2.75, 3.05) is 10.9 Å². The van der Waals surface area contributed by atoms with Crippen LogP contribution in [0, 0.1) is 0 Å². The molecule has 0 saturated carbocycles. The van der Waals surface area contributed by atoms with Gasteiger partial charge in [0.25, 0.3) is 0 Å². The molecule has 0 unspecified atom stereocenters. The third-order valence-corrected chi connectivity index (χ3v) is 7.43. The number of nitrogens with zero attached hydrogens (tertiary/aromatic N) is 4. The van der Waals surface area contributed by atoms with E-state index in [-0.39, 0.29) is 0 Å². The maximum absolute atomic E-state index is 4.58. The highest BCUT2D eigenvalue weighted by Crippen LogP contribution is 2.26. The fourth-order valence-corrected chi connectivity index (χ4v) is 5.01. The van der Waals surface area contributed by atoms with Gasteiger partial charge in [0.2, 0.25) is 0 Å². The van der Waals surface area contributed by atoms with Crippen molar-refractivity contribution in [2.45, 2.75) is 78.1 Å². The first-order valence-electron chi connectivity index (χ1n) is 16.1. The van der Waals surface area contributed by atoms with Crippen molar-refractivity contribution in [1.29, 1.82) is 0 Å². The number of rotatable bonds is 18. The summed E-state index contributed by atoms with van der Waals surface area (Å²) in [6, 6.07) is 28.8. The Balaban J connectivity index is 1.48. The molecule has 0 saturated heterocycles. The van der Waals surface area contributed by atoms with E-state index in [1.807, 2.05) is 48.8 Å². The second kappa shape index (κ2) is 18.9. The van der Waals surface area contributed by atoms with Crippen molar-refractivity contribution in [3.8, 4) is 0 Å². The van der Waals surface area contributed by atoms with Crippen LogP contribution < -0.4 is 10.9 Å². The molecule has 0 atom stereocenters. The largest absolute Gasteiger partial charge is 0.259 e. The standard InChI is InChI=1S/C38H46N6/c1-3-5-7-11-23-33(27-31-19-13-9-14-20-31)29-39-41-37-35-25-17-18-26-36(35)38(44-43-37)42-40-30-34(24-12-8-6-4-2)28-32-21-15-10-16-22-32/h9-10,13-22,25-30H,3-8,11-12,23-24H2,1-2H3,(H,41,43)(H,42,44)/b33-27-,34-28+,39-29+,40-30+. The smallest absolute Gasteiger partial charge is 0.176 e. The second-order valence-corrected chi connectivity index (χ2v) is 11.1. The maximum Gasteiger partial charge on any atom is 0.176 e. The minimum Gasteiger partial charge on any atom is -0.259 e. The van der Waals surface area contributed by atoms with Crippen molar-refractivity contribution in [1.82, 2.24) is 10.2 Å². The summed E-state index contributed by atoms with van der Waals surface area (Å²) in [5, 5.41) is 19.9. The molecule has 6 heteroatoms. The highest BCUT2D eigenvalue weighted by atomic mass is 15.4. The fourth-order valence-electron chi connectivity index (χ4n) is 5.01. The van der Waals surface area contributed by atoms with Gasteiger partial charge in [-0.05, 0) is 48.0 Å². The van der Waals surface area contributed by atoms with Gasteiger partial charge in [-0.15, -0.1) is 10.2 Å². The quantitative estimate of drug-likeness (QED) is 0.0691. The number of nitrogens with one attached hydrogen (secondary N) is 2. The molecule has 1 aromatic heterocycles. The minimum absolute atomic E-state index is 0.608. The zero-order valence-corrected chi connectivity index (χ0v) is 26.3. The molecule has 4 rings (SSSR count). The molecule has 0 spiro atoms. The summed E-state index contributed by atoms with van der Waals surface area (Å²) in [6.45, 7) is 4.47. The summed E-state index contributed by atoms with van der Waals surface area (Å²) in [5.74, 6) is 1.22. The normalized spacial score (nSPS) is 12.4. The van der Waals surface area contributed by atoms with Crippen LogP contribution in [-0.2, 0) is 0 Å². The molecule has 0 aliphatic heterocycles. The SMILES string of the molecule is CCCCCCC(=C/c1ccccc1)/C=N/Nc1nnc(N/N=C/C(=C/c2ccccc2)CCCCCC)c2ccccc12. The molecule has 1 heterocycles. The predicted molar refractivity (Wildman–Crippen MR) is 190 cm³/mol. The Morgan fingerprint density at radius 1 is 0.545 bits per heavy atom. The van der Waals surface area contributed by atoms with Crippen molar-refractivity contribution >= 4 is 47.0 Å². The van der Waals surface area contributed by atoms with Crippen molar-refractivity contribution in [3.05, 3.63) is 107 Å². The van der Waals surface area contributed by atoms with E-state index in [1.54, 1.807) is 0 Å². The Kier molecular flexibility index (Phi) is 13.9. The zero-order valence-electron chi connectivity index (χ0n) is 26.3. The summed E-state index contributed by atoms with van der Waals surface area (Å²) in [4.78, 5) is 0. The second-order valence-electron chi connectivity index (χ2n) is 11.1. The van der Waals surface area contributed by atoms with Crippen molar-refractivity contribution < 1.29 is 0 Å². The van der Waals surface area contributed by atoms with Gasteiger partial charge in [-0.3, -0.25) is 10.9 Å². The molecular weight excluding hydrogens is 540 g/mol. The van der Waals surface area contributed by atoms with Gasteiger partial charge in [-0.2, -0.15) is 10.2 Å². The van der Waals surface area contributed by atoms with E-state index in [9.17, 15) is 0 Å². The van der Waals surface area contributed by atoms with Crippen LogP contribution in [-0.4, -0.2) is 22.6 Å². The molecular formula is C38H46N6. The van der Waals surface area contributed by atoms with Gasteiger partial charge >= 0.3 is 0 Å². The van der Waals surface area contributed by atoms with Crippen LogP contribution in [0.25, 0.3) is 22.9 Å². The van der Waals surface area contributed by atoms with Crippen LogP contribution in [0.3, 0.4) is 0 Å². The van der Waals surface area contributed by atoms with Gasteiger partial charge in [0.05, 0.1) is 12.4 Å². The lowest BCUT2D eigenvalue weighted by molar-refractivity contribution is 0.671. The van der Waals surface area contributed by atoms with Crippen molar-refractivity contribution in [3.63, 3.8) is 0 Å². The summed E-state index contributed by atoms with van der Waals surface area (Å²) in [5.41, 5.74) is 11.0. The molecule has 0 amide bonds. The van der Waals surface area contributed by atoms with Crippen LogP contribution >= 0.6 is 0 Å². The Morgan fingerprint density at radius 3 is 1.36 bits per heavy atom.